The molecule has 1 aliphatic rings. The fourth-order valence-electron chi connectivity index (χ4n) is 2.35. The number of rotatable bonds is 4. The van der Waals surface area contributed by atoms with Crippen LogP contribution in [0, 0.1) is 5.82 Å². The minimum Gasteiger partial charge on any atom is -0.434 e. The Morgan fingerprint density at radius 1 is 1.38 bits per heavy atom. The number of likely N-dealkylation sites (tertiary alicyclic amines) is 1. The number of hydrogen-bond donors (Lipinski definition) is 1. The molecule has 1 saturated heterocycles. The van der Waals surface area contributed by atoms with Gasteiger partial charge in [0.2, 0.25) is 0 Å². The van der Waals surface area contributed by atoms with Crippen LogP contribution in [0.2, 0.25) is 0 Å². The first-order valence-electron chi connectivity index (χ1n) is 6.79. The molecule has 0 unspecified atom stereocenters. The molecule has 7 heteroatoms. The number of hydrogen-bond acceptors (Lipinski definition) is 2. The Morgan fingerprint density at radius 2 is 2.10 bits per heavy atom. The molecule has 0 bridgehead atoms. The predicted molar refractivity (Wildman–Crippen MR) is 74.0 cm³/mol. The van der Waals surface area contributed by atoms with Gasteiger partial charge in [0.1, 0.15) is 11.6 Å². The van der Waals surface area contributed by atoms with Crippen LogP contribution in [-0.4, -0.2) is 37.6 Å². The summed E-state index contributed by atoms with van der Waals surface area (Å²) in [7, 11) is 1.64. The van der Waals surface area contributed by atoms with Gasteiger partial charge in [0, 0.05) is 32.2 Å². The smallest absolute Gasteiger partial charge is 0.387 e. The van der Waals surface area contributed by atoms with E-state index in [0.29, 0.717) is 5.96 Å². The second-order valence-electron chi connectivity index (χ2n) is 4.69. The maximum Gasteiger partial charge on any atom is 0.387 e. The lowest BCUT2D eigenvalue weighted by Crippen LogP contribution is -2.39. The number of benzene rings is 1. The molecular weight excluding hydrogens is 283 g/mol. The summed E-state index contributed by atoms with van der Waals surface area (Å²) in [6.07, 6.45) is 2.17. The Morgan fingerprint density at radius 3 is 2.71 bits per heavy atom. The van der Waals surface area contributed by atoms with Gasteiger partial charge in [-0.25, -0.2) is 4.39 Å². The van der Waals surface area contributed by atoms with E-state index in [4.69, 9.17) is 0 Å². The Labute approximate surface area is 121 Å². The molecule has 0 spiro atoms. The van der Waals surface area contributed by atoms with Gasteiger partial charge in [-0.15, -0.1) is 0 Å². The molecule has 1 N–H and O–H groups in total. The fraction of sp³-hybridized carbons (Fsp3) is 0.500. The quantitative estimate of drug-likeness (QED) is 0.686. The Balaban J connectivity index is 2.07. The zero-order valence-corrected chi connectivity index (χ0v) is 11.8. The number of nitrogens with one attached hydrogen (secondary N) is 1. The standard InChI is InChI=1S/C14H18F3N3O/c1-18-14(20-7-2-3-8-20)19-9-10-11(15)5-4-6-12(10)21-13(16)17/h4-6,13H,2-3,7-9H2,1H3,(H,18,19). The van der Waals surface area contributed by atoms with E-state index in [1.54, 1.807) is 7.05 Å². The maximum absolute atomic E-state index is 13.8. The van der Waals surface area contributed by atoms with E-state index in [1.165, 1.54) is 18.2 Å². The number of aliphatic imine (C=N–C) groups is 1. The van der Waals surface area contributed by atoms with Crippen molar-refractivity contribution >= 4 is 5.96 Å². The number of halogens is 3. The van der Waals surface area contributed by atoms with Crippen LogP contribution in [0.5, 0.6) is 5.75 Å². The molecule has 1 aromatic carbocycles. The molecule has 0 aromatic heterocycles. The monoisotopic (exact) mass is 301 g/mol. The zero-order valence-electron chi connectivity index (χ0n) is 11.8. The highest BCUT2D eigenvalue weighted by Gasteiger charge is 2.18. The van der Waals surface area contributed by atoms with Gasteiger partial charge in [0.05, 0.1) is 0 Å². The van der Waals surface area contributed by atoms with E-state index in [1.807, 2.05) is 0 Å². The van der Waals surface area contributed by atoms with Crippen molar-refractivity contribution < 1.29 is 17.9 Å². The largest absolute Gasteiger partial charge is 0.434 e. The zero-order chi connectivity index (χ0) is 15.2. The van der Waals surface area contributed by atoms with Crippen LogP contribution in [0.1, 0.15) is 18.4 Å². The molecular formula is C14H18F3N3O. The first kappa shape index (κ1) is 15.5. The average molecular weight is 301 g/mol. The van der Waals surface area contributed by atoms with E-state index in [-0.39, 0.29) is 17.9 Å². The topological polar surface area (TPSA) is 36.9 Å². The van der Waals surface area contributed by atoms with Crippen molar-refractivity contribution in [2.75, 3.05) is 20.1 Å². The van der Waals surface area contributed by atoms with Gasteiger partial charge < -0.3 is 15.0 Å². The number of alkyl halides is 2. The van der Waals surface area contributed by atoms with Crippen molar-refractivity contribution in [1.29, 1.82) is 0 Å². The normalized spacial score (nSPS) is 15.7. The van der Waals surface area contributed by atoms with Crippen LogP contribution in [0.3, 0.4) is 0 Å². The van der Waals surface area contributed by atoms with Crippen LogP contribution in [0.25, 0.3) is 0 Å². The fourth-order valence-corrected chi connectivity index (χ4v) is 2.35. The van der Waals surface area contributed by atoms with Gasteiger partial charge in [-0.05, 0) is 25.0 Å². The average Bonchev–Trinajstić information content (AvgIpc) is 2.95. The minimum atomic E-state index is -2.98. The highest BCUT2D eigenvalue weighted by molar-refractivity contribution is 5.80. The summed E-state index contributed by atoms with van der Waals surface area (Å²) in [5, 5.41) is 2.99. The lowest BCUT2D eigenvalue weighted by atomic mass is 10.2. The van der Waals surface area contributed by atoms with Gasteiger partial charge in [0.25, 0.3) is 0 Å². The van der Waals surface area contributed by atoms with Crippen LogP contribution < -0.4 is 10.1 Å². The van der Waals surface area contributed by atoms with Crippen LogP contribution in [0.4, 0.5) is 13.2 Å². The number of guanidine groups is 1. The molecule has 1 fully saturated rings. The molecule has 1 aliphatic heterocycles. The summed E-state index contributed by atoms with van der Waals surface area (Å²) in [6.45, 7) is -1.17. The lowest BCUT2D eigenvalue weighted by Gasteiger charge is -2.21. The van der Waals surface area contributed by atoms with E-state index >= 15 is 0 Å². The second-order valence-corrected chi connectivity index (χ2v) is 4.69. The molecule has 0 atom stereocenters. The van der Waals surface area contributed by atoms with Gasteiger partial charge in [-0.2, -0.15) is 8.78 Å². The summed E-state index contributed by atoms with van der Waals surface area (Å²) < 4.78 is 42.9. The van der Waals surface area contributed by atoms with Crippen molar-refractivity contribution in [3.63, 3.8) is 0 Å². The van der Waals surface area contributed by atoms with Gasteiger partial charge >= 0.3 is 6.61 Å². The van der Waals surface area contributed by atoms with Crippen molar-refractivity contribution in [2.24, 2.45) is 4.99 Å². The van der Waals surface area contributed by atoms with Crippen LogP contribution in [-0.2, 0) is 6.54 Å². The molecule has 1 aromatic rings. The third kappa shape index (κ3) is 4.03. The van der Waals surface area contributed by atoms with Crippen molar-refractivity contribution in [1.82, 2.24) is 10.2 Å². The van der Waals surface area contributed by atoms with E-state index in [9.17, 15) is 13.2 Å². The first-order valence-corrected chi connectivity index (χ1v) is 6.79. The Kier molecular flexibility index (Phi) is 5.30. The molecule has 21 heavy (non-hydrogen) atoms. The lowest BCUT2D eigenvalue weighted by molar-refractivity contribution is -0.0506. The maximum atomic E-state index is 13.8. The van der Waals surface area contributed by atoms with Crippen LogP contribution >= 0.6 is 0 Å². The summed E-state index contributed by atoms with van der Waals surface area (Å²) in [4.78, 5) is 6.18. The third-order valence-corrected chi connectivity index (χ3v) is 3.33. The van der Waals surface area contributed by atoms with E-state index in [2.05, 4.69) is 19.9 Å². The van der Waals surface area contributed by atoms with E-state index < -0.39 is 12.4 Å². The van der Waals surface area contributed by atoms with Crippen LogP contribution in [0.15, 0.2) is 23.2 Å². The molecule has 116 valence electrons. The molecule has 2 rings (SSSR count). The van der Waals surface area contributed by atoms with Gasteiger partial charge in [-0.3, -0.25) is 4.99 Å². The Bertz CT molecular complexity index is 502. The van der Waals surface area contributed by atoms with Crippen molar-refractivity contribution in [3.05, 3.63) is 29.6 Å². The second kappa shape index (κ2) is 7.19. The molecule has 0 saturated carbocycles. The highest BCUT2D eigenvalue weighted by atomic mass is 19.3. The minimum absolute atomic E-state index is 0.0396. The highest BCUT2D eigenvalue weighted by Crippen LogP contribution is 2.23. The van der Waals surface area contributed by atoms with Crippen molar-refractivity contribution in [3.8, 4) is 5.75 Å². The van der Waals surface area contributed by atoms with Gasteiger partial charge in [0.15, 0.2) is 5.96 Å². The molecule has 0 amide bonds. The van der Waals surface area contributed by atoms with E-state index in [0.717, 1.165) is 25.9 Å². The summed E-state index contributed by atoms with van der Waals surface area (Å²) in [5.74, 6) is -0.106. The van der Waals surface area contributed by atoms with Crippen molar-refractivity contribution in [2.45, 2.75) is 26.0 Å². The third-order valence-electron chi connectivity index (χ3n) is 3.33. The predicted octanol–water partition coefficient (Wildman–Crippen LogP) is 2.60. The first-order chi connectivity index (χ1) is 10.1. The summed E-state index contributed by atoms with van der Waals surface area (Å²) in [6, 6.07) is 3.88. The molecule has 0 radical (unpaired) electrons. The summed E-state index contributed by atoms with van der Waals surface area (Å²) in [5.41, 5.74) is 0.0677. The SMILES string of the molecule is CN=C(NCc1c(F)cccc1OC(F)F)N1CCCC1. The number of nitrogens with zero attached hydrogens (tertiary/aromatic N) is 2. The molecule has 1 heterocycles. The van der Waals surface area contributed by atoms with Gasteiger partial charge in [-0.1, -0.05) is 6.07 Å². The molecule has 4 nitrogen and oxygen atoms in total. The summed E-state index contributed by atoms with van der Waals surface area (Å²) >= 11 is 0. The Hall–Kier alpha value is -1.92. The molecule has 0 aliphatic carbocycles. The number of ether oxygens (including phenoxy) is 1.